The van der Waals surface area contributed by atoms with E-state index in [1.807, 2.05) is 0 Å². The zero-order valence-corrected chi connectivity index (χ0v) is 16.0. The number of halogens is 3. The number of hydrogen-bond donors (Lipinski definition) is 1. The summed E-state index contributed by atoms with van der Waals surface area (Å²) in [7, 11) is 3.03. The van der Waals surface area contributed by atoms with Crippen LogP contribution < -0.4 is 14.8 Å². The Morgan fingerprint density at radius 1 is 1.28 bits per heavy atom. The number of fused-ring (bicyclic) bond motifs is 1. The van der Waals surface area contributed by atoms with Crippen molar-refractivity contribution in [1.29, 1.82) is 0 Å². The molecule has 0 unspecified atom stereocenters. The van der Waals surface area contributed by atoms with E-state index in [9.17, 15) is 18.0 Å². The number of carbonyl (C=O) groups excluding carboxylic acids is 1. The molecule has 1 aromatic carbocycles. The number of rotatable bonds is 6. The van der Waals surface area contributed by atoms with E-state index in [2.05, 4.69) is 15.4 Å². The number of hydrogen-bond acceptors (Lipinski definition) is 5. The van der Waals surface area contributed by atoms with Crippen molar-refractivity contribution in [1.82, 2.24) is 20.1 Å². The molecule has 0 atom stereocenters. The van der Waals surface area contributed by atoms with E-state index >= 15 is 0 Å². The lowest BCUT2D eigenvalue weighted by molar-refractivity contribution is -0.136. The first-order valence-electron chi connectivity index (χ1n) is 8.63. The number of aromatic nitrogens is 3. The van der Waals surface area contributed by atoms with Gasteiger partial charge in [-0.2, -0.15) is 23.3 Å². The van der Waals surface area contributed by atoms with Crippen LogP contribution in [0.2, 0.25) is 0 Å². The molecule has 2 heterocycles. The molecule has 0 saturated carbocycles. The van der Waals surface area contributed by atoms with Crippen molar-refractivity contribution >= 4 is 16.9 Å². The first kappa shape index (κ1) is 20.4. The summed E-state index contributed by atoms with van der Waals surface area (Å²) in [6, 6.07) is 7.90. The van der Waals surface area contributed by atoms with Crippen molar-refractivity contribution in [2.24, 2.45) is 7.05 Å². The number of alkyl halides is 3. The number of nitrogens with one attached hydrogen (secondary N) is 1. The van der Waals surface area contributed by atoms with E-state index in [1.54, 1.807) is 24.3 Å². The summed E-state index contributed by atoms with van der Waals surface area (Å²) in [5.41, 5.74) is 0.149. The molecule has 0 aliphatic carbocycles. The van der Waals surface area contributed by atoms with Gasteiger partial charge in [0.25, 0.3) is 5.91 Å². The number of methoxy groups -OCH3 is 1. The smallest absolute Gasteiger partial charge is 0.417 e. The first-order chi connectivity index (χ1) is 13.7. The Morgan fingerprint density at radius 3 is 2.72 bits per heavy atom. The molecule has 0 bridgehead atoms. The van der Waals surface area contributed by atoms with Gasteiger partial charge in [-0.1, -0.05) is 12.1 Å². The van der Waals surface area contributed by atoms with Gasteiger partial charge in [0.15, 0.2) is 12.3 Å². The van der Waals surface area contributed by atoms with Crippen LogP contribution in [0.4, 0.5) is 13.2 Å². The van der Waals surface area contributed by atoms with Crippen LogP contribution in [0.25, 0.3) is 11.0 Å². The van der Waals surface area contributed by atoms with Crippen molar-refractivity contribution < 1.29 is 27.4 Å². The van der Waals surface area contributed by atoms with Gasteiger partial charge >= 0.3 is 6.18 Å². The third-order valence-electron chi connectivity index (χ3n) is 4.23. The maximum atomic E-state index is 13.4. The van der Waals surface area contributed by atoms with E-state index in [0.717, 1.165) is 11.6 Å². The molecule has 0 radical (unpaired) electrons. The molecule has 0 spiro atoms. The monoisotopic (exact) mass is 408 g/mol. The molecule has 1 amide bonds. The van der Waals surface area contributed by atoms with Crippen molar-refractivity contribution in [3.63, 3.8) is 0 Å². The molecule has 0 saturated heterocycles. The van der Waals surface area contributed by atoms with E-state index in [0.29, 0.717) is 5.75 Å². The van der Waals surface area contributed by atoms with Gasteiger partial charge in [0.1, 0.15) is 5.75 Å². The Balaban J connectivity index is 1.71. The summed E-state index contributed by atoms with van der Waals surface area (Å²) in [5.74, 6) is -0.148. The molecule has 0 fully saturated rings. The third-order valence-corrected chi connectivity index (χ3v) is 4.23. The Morgan fingerprint density at radius 2 is 2.03 bits per heavy atom. The molecule has 2 aromatic heterocycles. The molecular weight excluding hydrogens is 389 g/mol. The second-order valence-electron chi connectivity index (χ2n) is 6.33. The van der Waals surface area contributed by atoms with Gasteiger partial charge in [-0.25, -0.2) is 0 Å². The van der Waals surface area contributed by atoms with Gasteiger partial charge < -0.3 is 14.8 Å². The molecule has 7 nitrogen and oxygen atoms in total. The number of aryl methyl sites for hydroxylation is 2. The maximum absolute atomic E-state index is 13.4. The average Bonchev–Trinajstić information content (AvgIpc) is 2.97. The maximum Gasteiger partial charge on any atom is 0.417 e. The van der Waals surface area contributed by atoms with Crippen molar-refractivity contribution in [3.8, 4) is 11.6 Å². The minimum Gasteiger partial charge on any atom is -0.497 e. The van der Waals surface area contributed by atoms with Crippen molar-refractivity contribution in [2.75, 3.05) is 13.7 Å². The minimum atomic E-state index is -4.61. The fourth-order valence-electron chi connectivity index (χ4n) is 2.89. The van der Waals surface area contributed by atoms with Crippen LogP contribution in [0.15, 0.2) is 30.3 Å². The topological polar surface area (TPSA) is 78.3 Å². The van der Waals surface area contributed by atoms with Crippen LogP contribution >= 0.6 is 0 Å². The van der Waals surface area contributed by atoms with E-state index in [4.69, 9.17) is 9.47 Å². The molecular formula is C19H19F3N4O3. The standard InChI is InChI=1S/C19H19F3N4O3/c1-11-17-14(19(20,21)22)8-16(24-18(17)26(2)25-11)29-10-15(27)23-9-12-5-4-6-13(7-12)28-3/h4-8H,9-10H2,1-3H3,(H,23,27). The average molecular weight is 408 g/mol. The predicted octanol–water partition coefficient (Wildman–Crippen LogP) is 3.00. The molecule has 3 rings (SSSR count). The zero-order chi connectivity index (χ0) is 21.2. The molecule has 0 aliphatic rings. The van der Waals surface area contributed by atoms with E-state index in [-0.39, 0.29) is 29.2 Å². The molecule has 10 heteroatoms. The highest BCUT2D eigenvalue weighted by atomic mass is 19.4. The Labute approximate surface area is 164 Å². The molecule has 29 heavy (non-hydrogen) atoms. The lowest BCUT2D eigenvalue weighted by Crippen LogP contribution is -2.28. The summed E-state index contributed by atoms with van der Waals surface area (Å²) in [6.45, 7) is 1.23. The third kappa shape index (κ3) is 4.58. The normalized spacial score (nSPS) is 11.5. The lowest BCUT2D eigenvalue weighted by Gasteiger charge is -2.12. The number of carbonyl (C=O) groups is 1. The van der Waals surface area contributed by atoms with Crippen LogP contribution in [0.3, 0.4) is 0 Å². The van der Waals surface area contributed by atoms with E-state index < -0.39 is 24.3 Å². The van der Waals surface area contributed by atoms with Gasteiger partial charge in [-0.15, -0.1) is 0 Å². The molecule has 0 aliphatic heterocycles. The highest BCUT2D eigenvalue weighted by Gasteiger charge is 2.35. The molecule has 3 aromatic rings. The van der Waals surface area contributed by atoms with Gasteiger partial charge in [0.2, 0.25) is 5.88 Å². The number of benzene rings is 1. The highest BCUT2D eigenvalue weighted by molar-refractivity contribution is 5.83. The van der Waals surface area contributed by atoms with Crippen LogP contribution in [0, 0.1) is 6.92 Å². The van der Waals surface area contributed by atoms with Gasteiger partial charge in [-0.3, -0.25) is 9.48 Å². The summed E-state index contributed by atoms with van der Waals surface area (Å²) in [5, 5.41) is 6.53. The fourth-order valence-corrected chi connectivity index (χ4v) is 2.89. The van der Waals surface area contributed by atoms with Gasteiger partial charge in [0, 0.05) is 19.7 Å². The number of amides is 1. The SMILES string of the molecule is COc1cccc(CNC(=O)COc2cc(C(F)(F)F)c3c(C)nn(C)c3n2)c1. The second-order valence-corrected chi connectivity index (χ2v) is 6.33. The quantitative estimate of drug-likeness (QED) is 0.679. The van der Waals surface area contributed by atoms with Gasteiger partial charge in [-0.05, 0) is 24.6 Å². The Kier molecular flexibility index (Phi) is 5.62. The zero-order valence-electron chi connectivity index (χ0n) is 16.0. The fraction of sp³-hybridized carbons (Fsp3) is 0.316. The first-order valence-corrected chi connectivity index (χ1v) is 8.63. The van der Waals surface area contributed by atoms with Crippen molar-refractivity contribution in [3.05, 3.63) is 47.2 Å². The number of ether oxygens (including phenoxy) is 2. The second kappa shape index (κ2) is 7.98. The molecule has 1 N–H and O–H groups in total. The Hall–Kier alpha value is -3.30. The highest BCUT2D eigenvalue weighted by Crippen LogP contribution is 2.37. The molecule has 154 valence electrons. The van der Waals surface area contributed by atoms with E-state index in [1.165, 1.54) is 25.8 Å². The Bertz CT molecular complexity index is 1050. The summed E-state index contributed by atoms with van der Waals surface area (Å²) >= 11 is 0. The summed E-state index contributed by atoms with van der Waals surface area (Å²) in [4.78, 5) is 16.1. The van der Waals surface area contributed by atoms with Crippen molar-refractivity contribution in [2.45, 2.75) is 19.6 Å². The van der Waals surface area contributed by atoms with Crippen LogP contribution in [-0.2, 0) is 24.6 Å². The largest absolute Gasteiger partial charge is 0.497 e. The number of pyridine rings is 1. The summed E-state index contributed by atoms with van der Waals surface area (Å²) in [6.07, 6.45) is -4.61. The van der Waals surface area contributed by atoms with Crippen LogP contribution in [0.1, 0.15) is 16.8 Å². The van der Waals surface area contributed by atoms with Crippen LogP contribution in [0.5, 0.6) is 11.6 Å². The predicted molar refractivity (Wildman–Crippen MR) is 98.6 cm³/mol. The summed E-state index contributed by atoms with van der Waals surface area (Å²) < 4.78 is 51.9. The number of nitrogens with zero attached hydrogens (tertiary/aromatic N) is 3. The minimum absolute atomic E-state index is 0.0316. The lowest BCUT2D eigenvalue weighted by atomic mass is 10.1. The van der Waals surface area contributed by atoms with Gasteiger partial charge in [0.05, 0.1) is 23.8 Å². The van der Waals surface area contributed by atoms with Crippen LogP contribution in [-0.4, -0.2) is 34.4 Å².